The molecule has 6 nitrogen and oxygen atoms in total. The highest BCUT2D eigenvalue weighted by molar-refractivity contribution is 5.90. The summed E-state index contributed by atoms with van der Waals surface area (Å²) in [6.07, 6.45) is 13.2. The number of hydrogen-bond donors (Lipinski definition) is 3. The van der Waals surface area contributed by atoms with Crippen LogP contribution >= 0.6 is 0 Å². The molecule has 3 rings (SSSR count). The van der Waals surface area contributed by atoms with Gasteiger partial charge in [0, 0.05) is 18.3 Å². The van der Waals surface area contributed by atoms with Gasteiger partial charge in [0.25, 0.3) is 5.91 Å². The Hall–Kier alpha value is -2.34. The summed E-state index contributed by atoms with van der Waals surface area (Å²) in [6.45, 7) is 2.16. The molecule has 0 bridgehead atoms. The minimum atomic E-state index is -0.544. The molecule has 0 atom stereocenters. The van der Waals surface area contributed by atoms with Crippen molar-refractivity contribution in [1.29, 1.82) is 0 Å². The van der Waals surface area contributed by atoms with Gasteiger partial charge in [-0.15, -0.1) is 0 Å². The van der Waals surface area contributed by atoms with E-state index in [-0.39, 0.29) is 0 Å². The lowest BCUT2D eigenvalue weighted by Gasteiger charge is -2.24. The van der Waals surface area contributed by atoms with E-state index in [9.17, 15) is 4.79 Å². The van der Waals surface area contributed by atoms with Crippen LogP contribution in [-0.4, -0.2) is 26.5 Å². The van der Waals surface area contributed by atoms with Gasteiger partial charge in [-0.25, -0.2) is 10.5 Å². The predicted octanol–water partition coefficient (Wildman–Crippen LogP) is 3.55. The number of amides is 1. The van der Waals surface area contributed by atoms with Gasteiger partial charge >= 0.3 is 0 Å². The fraction of sp³-hybridized carbons (Fsp3) is 0.474. The largest absolute Gasteiger partial charge is 0.367 e. The zero-order chi connectivity index (χ0) is 17.6. The third kappa shape index (κ3) is 4.20. The summed E-state index contributed by atoms with van der Waals surface area (Å²) in [5, 5.41) is 12.3. The molecule has 3 N–H and O–H groups in total. The molecular weight excluding hydrogens is 316 g/mol. The summed E-state index contributed by atoms with van der Waals surface area (Å²) in [7, 11) is 0. The van der Waals surface area contributed by atoms with Crippen molar-refractivity contribution in [2.75, 3.05) is 5.32 Å². The average molecular weight is 342 g/mol. The van der Waals surface area contributed by atoms with Gasteiger partial charge in [0.1, 0.15) is 11.5 Å². The van der Waals surface area contributed by atoms with Crippen LogP contribution < -0.4 is 10.8 Å². The smallest absolute Gasteiger partial charge is 0.267 e. The molecule has 1 aliphatic rings. The molecule has 0 spiro atoms. The highest BCUT2D eigenvalue weighted by atomic mass is 16.5. The number of hydrogen-bond acceptors (Lipinski definition) is 4. The maximum atomic E-state index is 11.2. The van der Waals surface area contributed by atoms with Crippen molar-refractivity contribution in [1.82, 2.24) is 14.9 Å². The summed E-state index contributed by atoms with van der Waals surface area (Å²) in [4.78, 5) is 16.0. The fourth-order valence-corrected chi connectivity index (χ4v) is 3.42. The van der Waals surface area contributed by atoms with Gasteiger partial charge in [-0.3, -0.25) is 14.4 Å². The van der Waals surface area contributed by atoms with E-state index in [1.807, 2.05) is 18.3 Å². The molecule has 0 aromatic carbocycles. The summed E-state index contributed by atoms with van der Waals surface area (Å²) in [5.41, 5.74) is 4.49. The van der Waals surface area contributed by atoms with Crippen LogP contribution in [0.5, 0.6) is 0 Å². The van der Waals surface area contributed by atoms with E-state index in [4.69, 9.17) is 10.2 Å². The molecular formula is C19H26N4O2. The topological polar surface area (TPSA) is 78.7 Å². The van der Waals surface area contributed by atoms with Crippen molar-refractivity contribution in [2.24, 2.45) is 0 Å². The number of hydroxylamine groups is 1. The van der Waals surface area contributed by atoms with Crippen LogP contribution in [0.2, 0.25) is 0 Å². The van der Waals surface area contributed by atoms with Gasteiger partial charge < -0.3 is 5.32 Å². The molecule has 1 aliphatic carbocycles. The van der Waals surface area contributed by atoms with Crippen LogP contribution in [0, 0.1) is 0 Å². The van der Waals surface area contributed by atoms with E-state index in [1.165, 1.54) is 38.2 Å². The number of aryl methyl sites for hydroxylation is 1. The van der Waals surface area contributed by atoms with Gasteiger partial charge in [0.05, 0.1) is 5.69 Å². The molecule has 1 fully saturated rings. The Morgan fingerprint density at radius 3 is 2.88 bits per heavy atom. The van der Waals surface area contributed by atoms with E-state index >= 15 is 0 Å². The molecule has 1 amide bonds. The third-order valence-electron chi connectivity index (χ3n) is 4.68. The number of anilines is 1. The third-order valence-corrected chi connectivity index (χ3v) is 4.68. The van der Waals surface area contributed by atoms with Crippen LogP contribution in [0.15, 0.2) is 24.4 Å². The van der Waals surface area contributed by atoms with Gasteiger partial charge in [0.15, 0.2) is 0 Å². The van der Waals surface area contributed by atoms with Crippen molar-refractivity contribution in [2.45, 2.75) is 57.9 Å². The van der Waals surface area contributed by atoms with E-state index in [0.29, 0.717) is 6.04 Å². The fourth-order valence-electron chi connectivity index (χ4n) is 3.42. The van der Waals surface area contributed by atoms with Gasteiger partial charge in [-0.1, -0.05) is 32.6 Å². The number of pyridine rings is 1. The molecule has 0 unspecified atom stereocenters. The average Bonchev–Trinajstić information content (AvgIpc) is 2.97. The predicted molar refractivity (Wildman–Crippen MR) is 98.6 cm³/mol. The second-order valence-corrected chi connectivity index (χ2v) is 6.64. The Morgan fingerprint density at radius 2 is 2.16 bits per heavy atom. The Bertz CT molecular complexity index is 760. The van der Waals surface area contributed by atoms with Crippen molar-refractivity contribution in [3.63, 3.8) is 0 Å². The summed E-state index contributed by atoms with van der Waals surface area (Å²) in [6, 6.07) is 4.38. The number of aromatic nitrogens is 2. The molecule has 2 aromatic rings. The number of fused-ring (bicyclic) bond motifs is 1. The van der Waals surface area contributed by atoms with Crippen molar-refractivity contribution < 1.29 is 10.0 Å². The first-order valence-electron chi connectivity index (χ1n) is 9.11. The maximum Gasteiger partial charge on any atom is 0.267 e. The number of nitrogens with one attached hydrogen (secondary N) is 2. The molecule has 6 heteroatoms. The van der Waals surface area contributed by atoms with Crippen LogP contribution in [0.3, 0.4) is 0 Å². The number of carbonyl (C=O) groups excluding carboxylic acids is 1. The molecule has 0 radical (unpaired) electrons. The zero-order valence-electron chi connectivity index (χ0n) is 14.7. The van der Waals surface area contributed by atoms with Crippen molar-refractivity contribution >= 4 is 23.4 Å². The molecule has 134 valence electrons. The standard InChI is InChI=1S/C19H26N4O2/c1-2-6-16-19(20-15-7-4-3-5-8-15)23-13-14(9-11-17(23)21-16)10-12-18(24)22-25/h9-13,15,20,25H,2-8H2,1H3,(H,22,24)/b12-10+. The Labute approximate surface area is 147 Å². The second-order valence-electron chi connectivity index (χ2n) is 6.64. The lowest BCUT2D eigenvalue weighted by atomic mass is 9.95. The lowest BCUT2D eigenvalue weighted by Crippen LogP contribution is -2.23. The normalized spacial score (nSPS) is 15.8. The monoisotopic (exact) mass is 342 g/mol. The quantitative estimate of drug-likeness (QED) is 0.426. The summed E-state index contributed by atoms with van der Waals surface area (Å²) < 4.78 is 2.08. The van der Waals surface area contributed by atoms with E-state index < -0.39 is 5.91 Å². The summed E-state index contributed by atoms with van der Waals surface area (Å²) >= 11 is 0. The van der Waals surface area contributed by atoms with Crippen molar-refractivity contribution in [3.8, 4) is 0 Å². The number of imidazole rings is 1. The minimum Gasteiger partial charge on any atom is -0.367 e. The number of nitrogens with zero attached hydrogens (tertiary/aromatic N) is 2. The van der Waals surface area contributed by atoms with Crippen LogP contribution in [-0.2, 0) is 11.2 Å². The number of rotatable bonds is 6. The Kier molecular flexibility index (Phi) is 5.71. The first kappa shape index (κ1) is 17.5. The Morgan fingerprint density at radius 1 is 1.36 bits per heavy atom. The SMILES string of the molecule is CCCc1nc2ccc(/C=C/C(=O)NO)cn2c1NC1CCCCC1. The summed E-state index contributed by atoms with van der Waals surface area (Å²) in [5.74, 6) is 0.531. The van der Waals surface area contributed by atoms with E-state index in [0.717, 1.165) is 35.6 Å². The minimum absolute atomic E-state index is 0.503. The highest BCUT2D eigenvalue weighted by Gasteiger charge is 2.18. The van der Waals surface area contributed by atoms with Crippen LogP contribution in [0.4, 0.5) is 5.82 Å². The first-order valence-corrected chi connectivity index (χ1v) is 9.11. The van der Waals surface area contributed by atoms with Gasteiger partial charge in [-0.05, 0) is 43.0 Å². The Balaban J connectivity index is 1.93. The van der Waals surface area contributed by atoms with E-state index in [1.54, 1.807) is 11.6 Å². The zero-order valence-corrected chi connectivity index (χ0v) is 14.7. The van der Waals surface area contributed by atoms with Crippen LogP contribution in [0.1, 0.15) is 56.7 Å². The molecule has 2 heterocycles. The van der Waals surface area contributed by atoms with Crippen LogP contribution in [0.25, 0.3) is 11.7 Å². The molecule has 0 saturated heterocycles. The highest BCUT2D eigenvalue weighted by Crippen LogP contribution is 2.26. The van der Waals surface area contributed by atoms with Crippen molar-refractivity contribution in [3.05, 3.63) is 35.7 Å². The van der Waals surface area contributed by atoms with E-state index in [2.05, 4.69) is 16.6 Å². The van der Waals surface area contributed by atoms with Gasteiger partial charge in [0.2, 0.25) is 0 Å². The number of carbonyl (C=O) groups is 1. The molecule has 25 heavy (non-hydrogen) atoms. The molecule has 0 aliphatic heterocycles. The maximum absolute atomic E-state index is 11.2. The molecule has 2 aromatic heterocycles. The second kappa shape index (κ2) is 8.16. The molecule has 1 saturated carbocycles. The van der Waals surface area contributed by atoms with Gasteiger partial charge in [-0.2, -0.15) is 0 Å². The first-order chi connectivity index (χ1) is 12.2. The lowest BCUT2D eigenvalue weighted by molar-refractivity contribution is -0.124.